The summed E-state index contributed by atoms with van der Waals surface area (Å²) in [7, 11) is 0. The van der Waals surface area contributed by atoms with E-state index in [4.69, 9.17) is 14.2 Å². The number of alkyl halides is 1. The molecule has 1 aliphatic heterocycles. The number of rotatable bonds is 9. The van der Waals surface area contributed by atoms with Crippen molar-refractivity contribution in [3.05, 3.63) is 12.7 Å². The van der Waals surface area contributed by atoms with Crippen LogP contribution in [-0.4, -0.2) is 36.0 Å². The van der Waals surface area contributed by atoms with E-state index in [0.29, 0.717) is 32.7 Å². The van der Waals surface area contributed by atoms with Crippen LogP contribution in [0.4, 0.5) is 0 Å². The van der Waals surface area contributed by atoms with E-state index in [1.807, 2.05) is 19.9 Å². The Balaban J connectivity index is 3.08. The van der Waals surface area contributed by atoms with E-state index < -0.39 is 11.2 Å². The van der Waals surface area contributed by atoms with Gasteiger partial charge in [-0.3, -0.25) is 4.79 Å². The molecule has 116 valence electrons. The summed E-state index contributed by atoms with van der Waals surface area (Å²) in [6, 6.07) is 0. The Morgan fingerprint density at radius 3 is 2.60 bits per heavy atom. The number of hydrogen-bond acceptors (Lipinski definition) is 4. The van der Waals surface area contributed by atoms with E-state index in [0.717, 1.165) is 17.3 Å². The predicted molar refractivity (Wildman–Crippen MR) is 86.9 cm³/mol. The SMILES string of the molecule is C=CCCC(CCCI)(C(=O)OCC)C1(C)OCCO1. The zero-order chi connectivity index (χ0) is 15.1. The normalized spacial score (nSPS) is 20.4. The maximum Gasteiger partial charge on any atom is 0.317 e. The Bertz CT molecular complexity index is 326. The molecule has 1 saturated heterocycles. The van der Waals surface area contributed by atoms with Gasteiger partial charge in [0.05, 0.1) is 19.8 Å². The van der Waals surface area contributed by atoms with E-state index in [1.165, 1.54) is 0 Å². The Morgan fingerprint density at radius 1 is 1.45 bits per heavy atom. The maximum atomic E-state index is 12.7. The largest absolute Gasteiger partial charge is 0.465 e. The molecule has 1 atom stereocenters. The zero-order valence-corrected chi connectivity index (χ0v) is 14.6. The molecule has 0 spiro atoms. The van der Waals surface area contributed by atoms with Crippen LogP contribution in [0, 0.1) is 5.41 Å². The van der Waals surface area contributed by atoms with Gasteiger partial charge in [0.2, 0.25) is 0 Å². The topological polar surface area (TPSA) is 44.8 Å². The minimum Gasteiger partial charge on any atom is -0.465 e. The van der Waals surface area contributed by atoms with Gasteiger partial charge in [-0.1, -0.05) is 28.7 Å². The fraction of sp³-hybridized carbons (Fsp3) is 0.800. The first-order chi connectivity index (χ1) is 9.56. The van der Waals surface area contributed by atoms with E-state index in [1.54, 1.807) is 0 Å². The van der Waals surface area contributed by atoms with Crippen LogP contribution in [0.5, 0.6) is 0 Å². The van der Waals surface area contributed by atoms with Crippen molar-refractivity contribution < 1.29 is 19.0 Å². The van der Waals surface area contributed by atoms with Gasteiger partial charge in [-0.15, -0.1) is 6.58 Å². The first-order valence-corrected chi connectivity index (χ1v) is 8.71. The molecule has 0 saturated carbocycles. The summed E-state index contributed by atoms with van der Waals surface area (Å²) >= 11 is 2.32. The van der Waals surface area contributed by atoms with Crippen molar-refractivity contribution in [3.8, 4) is 0 Å². The average molecular weight is 396 g/mol. The summed E-state index contributed by atoms with van der Waals surface area (Å²) in [5.74, 6) is -1.11. The van der Waals surface area contributed by atoms with Crippen molar-refractivity contribution in [2.75, 3.05) is 24.2 Å². The van der Waals surface area contributed by atoms with Crippen LogP contribution in [-0.2, 0) is 19.0 Å². The van der Waals surface area contributed by atoms with Crippen molar-refractivity contribution in [2.45, 2.75) is 45.3 Å². The summed E-state index contributed by atoms with van der Waals surface area (Å²) in [5, 5.41) is 0. The van der Waals surface area contributed by atoms with Crippen molar-refractivity contribution in [1.82, 2.24) is 0 Å². The number of allylic oxidation sites excluding steroid dienone is 1. The lowest BCUT2D eigenvalue weighted by Crippen LogP contribution is -2.53. The first kappa shape index (κ1) is 17.9. The lowest BCUT2D eigenvalue weighted by Gasteiger charge is -2.42. The zero-order valence-electron chi connectivity index (χ0n) is 12.5. The smallest absolute Gasteiger partial charge is 0.317 e. The standard InChI is InChI=1S/C15H25IO4/c1-4-6-8-15(9-7-10-16,13(17)18-5-2)14(3)19-11-12-20-14/h4H,1,5-12H2,2-3H3. The van der Waals surface area contributed by atoms with Gasteiger partial charge in [-0.05, 0) is 44.0 Å². The van der Waals surface area contributed by atoms with Gasteiger partial charge in [-0.2, -0.15) is 0 Å². The number of halogens is 1. The summed E-state index contributed by atoms with van der Waals surface area (Å²) in [6.45, 7) is 8.88. The van der Waals surface area contributed by atoms with Gasteiger partial charge in [0.25, 0.3) is 0 Å². The second-order valence-electron chi connectivity index (χ2n) is 5.07. The lowest BCUT2D eigenvalue weighted by atomic mass is 9.72. The van der Waals surface area contributed by atoms with Gasteiger partial charge in [0.1, 0.15) is 5.41 Å². The van der Waals surface area contributed by atoms with Gasteiger partial charge in [0, 0.05) is 0 Å². The van der Waals surface area contributed by atoms with Crippen LogP contribution < -0.4 is 0 Å². The van der Waals surface area contributed by atoms with Crippen LogP contribution in [0.3, 0.4) is 0 Å². The summed E-state index contributed by atoms with van der Waals surface area (Å²) < 4.78 is 17.9. The monoisotopic (exact) mass is 396 g/mol. The van der Waals surface area contributed by atoms with Crippen LogP contribution in [0.2, 0.25) is 0 Å². The fourth-order valence-corrected chi connectivity index (χ4v) is 3.13. The highest BCUT2D eigenvalue weighted by Gasteiger charge is 2.57. The van der Waals surface area contributed by atoms with Gasteiger partial charge >= 0.3 is 5.97 Å². The molecule has 0 bridgehead atoms. The molecular weight excluding hydrogens is 371 g/mol. The first-order valence-electron chi connectivity index (χ1n) is 7.18. The molecule has 20 heavy (non-hydrogen) atoms. The van der Waals surface area contributed by atoms with Crippen LogP contribution in [0.15, 0.2) is 12.7 Å². The maximum absolute atomic E-state index is 12.7. The van der Waals surface area contributed by atoms with Gasteiger partial charge < -0.3 is 14.2 Å². The number of hydrogen-bond donors (Lipinski definition) is 0. The van der Waals surface area contributed by atoms with Crippen LogP contribution >= 0.6 is 22.6 Å². The van der Waals surface area contributed by atoms with Crippen LogP contribution in [0.1, 0.15) is 39.5 Å². The van der Waals surface area contributed by atoms with E-state index >= 15 is 0 Å². The predicted octanol–water partition coefficient (Wildman–Crippen LogP) is 3.48. The average Bonchev–Trinajstić information content (AvgIpc) is 2.87. The molecule has 0 radical (unpaired) electrons. The van der Waals surface area contributed by atoms with Crippen molar-refractivity contribution >= 4 is 28.6 Å². The number of ether oxygens (including phenoxy) is 3. The minimum absolute atomic E-state index is 0.212. The highest BCUT2D eigenvalue weighted by molar-refractivity contribution is 14.1. The molecule has 0 amide bonds. The van der Waals surface area contributed by atoms with Crippen molar-refractivity contribution in [2.24, 2.45) is 5.41 Å². The third kappa shape index (κ3) is 3.74. The van der Waals surface area contributed by atoms with Gasteiger partial charge in [-0.25, -0.2) is 0 Å². The lowest BCUT2D eigenvalue weighted by molar-refractivity contribution is -0.239. The molecule has 1 fully saturated rings. The molecule has 1 heterocycles. The summed E-state index contributed by atoms with van der Waals surface area (Å²) in [6.07, 6.45) is 4.85. The molecule has 4 nitrogen and oxygen atoms in total. The highest BCUT2D eigenvalue weighted by Crippen LogP contribution is 2.47. The molecule has 0 aromatic rings. The molecule has 1 aliphatic rings. The Labute approximate surface area is 135 Å². The Hall–Kier alpha value is -0.140. The number of carbonyl (C=O) groups excluding carboxylic acids is 1. The summed E-state index contributed by atoms with van der Waals surface area (Å²) in [4.78, 5) is 12.7. The van der Waals surface area contributed by atoms with E-state index in [2.05, 4.69) is 29.2 Å². The van der Waals surface area contributed by atoms with E-state index in [9.17, 15) is 4.79 Å². The molecule has 1 rings (SSSR count). The second-order valence-corrected chi connectivity index (χ2v) is 6.14. The second kappa shape index (κ2) is 8.34. The molecule has 0 N–H and O–H groups in total. The highest BCUT2D eigenvalue weighted by atomic mass is 127. The Kier molecular flexibility index (Phi) is 7.47. The molecule has 5 heteroatoms. The molecule has 0 aliphatic carbocycles. The third-order valence-corrected chi connectivity index (χ3v) is 4.65. The van der Waals surface area contributed by atoms with Crippen molar-refractivity contribution in [3.63, 3.8) is 0 Å². The molecule has 0 aromatic carbocycles. The number of esters is 1. The van der Waals surface area contributed by atoms with Crippen molar-refractivity contribution in [1.29, 1.82) is 0 Å². The molecule has 0 aromatic heterocycles. The van der Waals surface area contributed by atoms with Crippen LogP contribution in [0.25, 0.3) is 0 Å². The fourth-order valence-electron chi connectivity index (χ4n) is 2.75. The quantitative estimate of drug-likeness (QED) is 0.259. The molecule has 1 unspecified atom stereocenters. The minimum atomic E-state index is -0.895. The Morgan fingerprint density at radius 2 is 2.10 bits per heavy atom. The summed E-state index contributed by atoms with van der Waals surface area (Å²) in [5.41, 5.74) is -0.751. The number of carbonyl (C=O) groups is 1. The van der Waals surface area contributed by atoms with Gasteiger partial charge in [0.15, 0.2) is 5.79 Å². The molecular formula is C15H25IO4. The van der Waals surface area contributed by atoms with E-state index in [-0.39, 0.29) is 5.97 Å². The third-order valence-electron chi connectivity index (χ3n) is 3.89.